The monoisotopic (exact) mass is 480 g/mol. The van der Waals surface area contributed by atoms with Gasteiger partial charge in [-0.1, -0.05) is 102 Å². The molecule has 2 atom stereocenters. The normalized spacial score (nSPS) is 15.3. The van der Waals surface area contributed by atoms with Crippen LogP contribution < -0.4 is 0 Å². The Kier molecular flexibility index (Phi) is 13.0. The maximum atomic E-state index is 6.67. The highest BCUT2D eigenvalue weighted by Crippen LogP contribution is 2.33. The van der Waals surface area contributed by atoms with Gasteiger partial charge in [0.25, 0.3) is 0 Å². The van der Waals surface area contributed by atoms with Crippen LogP contribution in [0.25, 0.3) is 0 Å². The minimum Gasteiger partial charge on any atom is -0.380 e. The minimum atomic E-state index is 0.0211. The van der Waals surface area contributed by atoms with Gasteiger partial charge in [0, 0.05) is 10.8 Å². The van der Waals surface area contributed by atoms with E-state index in [1.165, 1.54) is 24.0 Å². The van der Waals surface area contributed by atoms with Crippen molar-refractivity contribution < 1.29 is 4.74 Å². The van der Waals surface area contributed by atoms with Crippen molar-refractivity contribution in [3.05, 3.63) is 71.8 Å². The third-order valence-electron chi connectivity index (χ3n) is 7.98. The fraction of sp³-hybridized carbons (Fsp3) is 0.625. The van der Waals surface area contributed by atoms with Gasteiger partial charge in [-0.3, -0.25) is 0 Å². The largest absolute Gasteiger partial charge is 0.380 e. The third kappa shape index (κ3) is 9.37. The molecule has 0 fully saturated rings. The van der Waals surface area contributed by atoms with E-state index in [9.17, 15) is 0 Å². The van der Waals surface area contributed by atoms with Gasteiger partial charge >= 0.3 is 0 Å². The summed E-state index contributed by atoms with van der Waals surface area (Å²) in [5.41, 5.74) is 2.82. The molecule has 0 radical (unpaired) electrons. The van der Waals surface area contributed by atoms with E-state index in [2.05, 4.69) is 112 Å². The fourth-order valence-corrected chi connectivity index (χ4v) is 5.25. The van der Waals surface area contributed by atoms with E-state index >= 15 is 0 Å². The summed E-state index contributed by atoms with van der Waals surface area (Å²) >= 11 is 0. The Morgan fingerprint density at radius 2 is 0.914 bits per heavy atom. The number of benzene rings is 2. The summed E-state index contributed by atoms with van der Waals surface area (Å²) in [4.78, 5) is 5.04. The zero-order chi connectivity index (χ0) is 25.6. The molecule has 0 spiro atoms. The van der Waals surface area contributed by atoms with Crippen molar-refractivity contribution in [3.63, 3.8) is 0 Å². The van der Waals surface area contributed by atoms with Gasteiger partial charge in [-0.2, -0.15) is 0 Å². The summed E-state index contributed by atoms with van der Waals surface area (Å²) in [5.74, 6) is 0. The molecule has 0 aliphatic rings. The molecule has 0 aromatic heterocycles. The number of hydrogen-bond donors (Lipinski definition) is 0. The molecule has 2 unspecified atom stereocenters. The first kappa shape index (κ1) is 29.5. The maximum Gasteiger partial charge on any atom is 0.0560 e. The molecular weight excluding hydrogens is 428 g/mol. The Labute approximate surface area is 216 Å². The predicted octanol–water partition coefficient (Wildman–Crippen LogP) is 7.16. The second-order valence-electron chi connectivity index (χ2n) is 10.6. The van der Waals surface area contributed by atoms with Gasteiger partial charge in [0.15, 0.2) is 0 Å². The first-order valence-corrected chi connectivity index (χ1v) is 14.0. The summed E-state index contributed by atoms with van der Waals surface area (Å²) in [6.45, 7) is 22.1. The standard InChI is InChI=1S/C32H52N2O/c1-7-33(8-2)25-17-23-31(5,29-19-13-11-14-20-29)27-35-28-32(6,30-21-15-12-16-22-30)24-18-26-34(9-3)10-4/h11-16,19-22H,7-10,17-18,23-28H2,1-6H3. The van der Waals surface area contributed by atoms with Crippen molar-refractivity contribution >= 4 is 0 Å². The zero-order valence-electron chi connectivity index (χ0n) is 23.6. The Hall–Kier alpha value is -1.68. The molecule has 2 aromatic carbocycles. The molecule has 0 saturated carbocycles. The van der Waals surface area contributed by atoms with E-state index in [0.717, 1.165) is 65.3 Å². The van der Waals surface area contributed by atoms with E-state index in [-0.39, 0.29) is 10.8 Å². The quantitative estimate of drug-likeness (QED) is 0.225. The molecule has 0 saturated heterocycles. The van der Waals surface area contributed by atoms with Crippen molar-refractivity contribution in [2.24, 2.45) is 0 Å². The number of hydrogen-bond acceptors (Lipinski definition) is 3. The molecule has 35 heavy (non-hydrogen) atoms. The number of rotatable bonds is 18. The molecule has 2 aromatic rings. The molecule has 2 rings (SSSR count). The van der Waals surface area contributed by atoms with Crippen molar-refractivity contribution in [1.82, 2.24) is 9.80 Å². The molecule has 0 aliphatic heterocycles. The van der Waals surface area contributed by atoms with E-state index in [0.29, 0.717) is 0 Å². The highest BCUT2D eigenvalue weighted by Gasteiger charge is 2.31. The summed E-state index contributed by atoms with van der Waals surface area (Å²) in [6.07, 6.45) is 4.65. The van der Waals surface area contributed by atoms with Gasteiger partial charge < -0.3 is 14.5 Å². The average molecular weight is 481 g/mol. The lowest BCUT2D eigenvalue weighted by Crippen LogP contribution is -2.35. The smallest absolute Gasteiger partial charge is 0.0560 e. The number of ether oxygens (including phenoxy) is 1. The molecule has 0 bridgehead atoms. The van der Waals surface area contributed by atoms with Gasteiger partial charge in [0.2, 0.25) is 0 Å². The maximum absolute atomic E-state index is 6.67. The van der Waals surface area contributed by atoms with Crippen molar-refractivity contribution in [1.29, 1.82) is 0 Å². The Morgan fingerprint density at radius 3 is 1.23 bits per heavy atom. The van der Waals surface area contributed by atoms with Crippen LogP contribution in [-0.2, 0) is 15.6 Å². The first-order valence-electron chi connectivity index (χ1n) is 14.0. The minimum absolute atomic E-state index is 0.0211. The number of nitrogens with zero attached hydrogens (tertiary/aromatic N) is 2. The summed E-state index contributed by atoms with van der Waals surface area (Å²) in [6, 6.07) is 22.0. The van der Waals surface area contributed by atoms with Crippen LogP contribution in [0.5, 0.6) is 0 Å². The molecule has 3 nitrogen and oxygen atoms in total. The van der Waals surface area contributed by atoms with Crippen molar-refractivity contribution in [2.75, 3.05) is 52.5 Å². The van der Waals surface area contributed by atoms with E-state index < -0.39 is 0 Å². The van der Waals surface area contributed by atoms with E-state index in [4.69, 9.17) is 4.74 Å². The van der Waals surface area contributed by atoms with Crippen LogP contribution in [0.3, 0.4) is 0 Å². The predicted molar refractivity (Wildman–Crippen MR) is 152 cm³/mol. The zero-order valence-corrected chi connectivity index (χ0v) is 23.6. The van der Waals surface area contributed by atoms with E-state index in [1.54, 1.807) is 0 Å². The Balaban J connectivity index is 2.09. The Morgan fingerprint density at radius 1 is 0.571 bits per heavy atom. The van der Waals surface area contributed by atoms with Crippen molar-refractivity contribution in [2.45, 2.75) is 78.1 Å². The molecule has 0 heterocycles. The van der Waals surface area contributed by atoms with Crippen LogP contribution in [0.1, 0.15) is 78.4 Å². The average Bonchev–Trinajstić information content (AvgIpc) is 2.90. The Bertz CT molecular complexity index is 720. The molecule has 196 valence electrons. The summed E-state index contributed by atoms with van der Waals surface area (Å²) in [7, 11) is 0. The first-order chi connectivity index (χ1) is 16.9. The lowest BCUT2D eigenvalue weighted by atomic mass is 9.78. The highest BCUT2D eigenvalue weighted by atomic mass is 16.5. The van der Waals surface area contributed by atoms with E-state index in [1.807, 2.05) is 0 Å². The fourth-order valence-electron chi connectivity index (χ4n) is 5.25. The van der Waals surface area contributed by atoms with Crippen LogP contribution in [0.4, 0.5) is 0 Å². The van der Waals surface area contributed by atoms with Gasteiger partial charge in [0.1, 0.15) is 0 Å². The lowest BCUT2D eigenvalue weighted by molar-refractivity contribution is 0.0456. The molecular formula is C32H52N2O. The second kappa shape index (κ2) is 15.4. The van der Waals surface area contributed by atoms with Crippen LogP contribution in [0.2, 0.25) is 0 Å². The molecule has 0 aliphatic carbocycles. The molecule has 0 N–H and O–H groups in total. The molecule has 0 amide bonds. The van der Waals surface area contributed by atoms with Crippen LogP contribution in [-0.4, -0.2) is 62.3 Å². The molecule has 3 heteroatoms. The second-order valence-corrected chi connectivity index (χ2v) is 10.6. The summed E-state index contributed by atoms with van der Waals surface area (Å²) in [5, 5.41) is 0. The highest BCUT2D eigenvalue weighted by molar-refractivity contribution is 5.26. The lowest BCUT2D eigenvalue weighted by Gasteiger charge is -2.35. The third-order valence-corrected chi connectivity index (χ3v) is 7.98. The van der Waals surface area contributed by atoms with Gasteiger partial charge in [-0.15, -0.1) is 0 Å². The van der Waals surface area contributed by atoms with Gasteiger partial charge in [-0.25, -0.2) is 0 Å². The van der Waals surface area contributed by atoms with Gasteiger partial charge in [-0.05, 0) is 76.1 Å². The van der Waals surface area contributed by atoms with Gasteiger partial charge in [0.05, 0.1) is 13.2 Å². The SMILES string of the molecule is CCN(CC)CCCC(C)(COCC(C)(CCCN(CC)CC)c1ccccc1)c1ccccc1. The van der Waals surface area contributed by atoms with Crippen LogP contribution in [0.15, 0.2) is 60.7 Å². The topological polar surface area (TPSA) is 15.7 Å². The summed E-state index contributed by atoms with van der Waals surface area (Å²) < 4.78 is 6.67. The van der Waals surface area contributed by atoms with Crippen LogP contribution >= 0.6 is 0 Å². The van der Waals surface area contributed by atoms with Crippen molar-refractivity contribution in [3.8, 4) is 0 Å². The van der Waals surface area contributed by atoms with Crippen LogP contribution in [0, 0.1) is 0 Å².